The van der Waals surface area contributed by atoms with Gasteiger partial charge in [-0.05, 0) is 32.4 Å². The van der Waals surface area contributed by atoms with Crippen LogP contribution in [0.15, 0.2) is 51.5 Å². The number of thioether (sulfide) groups is 1. The Morgan fingerprint density at radius 2 is 1.91 bits per heavy atom. The highest BCUT2D eigenvalue weighted by Crippen LogP contribution is 2.36. The molecular formula is C24H24N4O4S2. The minimum absolute atomic E-state index is 0.108. The molecule has 34 heavy (non-hydrogen) atoms. The Balaban J connectivity index is 1.50. The second-order valence-corrected chi connectivity index (χ2v) is 9.35. The second kappa shape index (κ2) is 10.3. The number of rotatable bonds is 8. The van der Waals surface area contributed by atoms with Gasteiger partial charge in [-0.3, -0.25) is 4.79 Å². The summed E-state index contributed by atoms with van der Waals surface area (Å²) in [6.45, 7) is 5.86. The number of nitrogens with zero attached hydrogens (tertiary/aromatic N) is 3. The number of aryl methyl sites for hydroxylation is 2. The van der Waals surface area contributed by atoms with Gasteiger partial charge >= 0.3 is 5.97 Å². The Morgan fingerprint density at radius 1 is 1.15 bits per heavy atom. The number of aromatic nitrogens is 3. The van der Waals surface area contributed by atoms with Crippen molar-refractivity contribution in [1.82, 2.24) is 14.8 Å². The van der Waals surface area contributed by atoms with Crippen LogP contribution in [0, 0.1) is 13.8 Å². The van der Waals surface area contributed by atoms with E-state index in [0.29, 0.717) is 21.5 Å². The maximum Gasteiger partial charge on any atom is 0.341 e. The molecule has 0 atom stereocenters. The van der Waals surface area contributed by atoms with E-state index in [1.165, 1.54) is 23.1 Å². The Kier molecular flexibility index (Phi) is 7.18. The first kappa shape index (κ1) is 23.8. The maximum atomic E-state index is 12.8. The van der Waals surface area contributed by atoms with Gasteiger partial charge in [-0.2, -0.15) is 0 Å². The van der Waals surface area contributed by atoms with Crippen LogP contribution >= 0.6 is 23.1 Å². The van der Waals surface area contributed by atoms with Crippen molar-refractivity contribution in [2.75, 3.05) is 17.7 Å². The van der Waals surface area contributed by atoms with E-state index in [0.717, 1.165) is 28.0 Å². The molecule has 1 aromatic carbocycles. The van der Waals surface area contributed by atoms with Gasteiger partial charge in [0.15, 0.2) is 11.0 Å². The zero-order valence-electron chi connectivity index (χ0n) is 19.2. The summed E-state index contributed by atoms with van der Waals surface area (Å²) in [4.78, 5) is 25.5. The molecule has 0 fully saturated rings. The van der Waals surface area contributed by atoms with Crippen LogP contribution < -0.4 is 5.32 Å². The molecule has 0 saturated heterocycles. The van der Waals surface area contributed by atoms with E-state index in [4.69, 9.17) is 9.15 Å². The molecular weight excluding hydrogens is 472 g/mol. The molecule has 0 saturated carbocycles. The highest BCUT2D eigenvalue weighted by Gasteiger charge is 2.23. The van der Waals surface area contributed by atoms with Crippen molar-refractivity contribution in [2.24, 2.45) is 7.05 Å². The third kappa shape index (κ3) is 4.92. The van der Waals surface area contributed by atoms with Gasteiger partial charge in [0, 0.05) is 18.0 Å². The van der Waals surface area contributed by atoms with E-state index in [9.17, 15) is 9.59 Å². The Morgan fingerprint density at radius 3 is 2.59 bits per heavy atom. The SMILES string of the molecule is CCOC(=O)c1c(-c2ccc(C)cc2)csc1NC(=O)CSc1nnc(-c2ccoc2C)n1C. The molecule has 0 unspecified atom stereocenters. The topological polar surface area (TPSA) is 99.2 Å². The van der Waals surface area contributed by atoms with Crippen LogP contribution in [0.4, 0.5) is 5.00 Å². The zero-order valence-corrected chi connectivity index (χ0v) is 20.9. The predicted molar refractivity (Wildman–Crippen MR) is 133 cm³/mol. The minimum atomic E-state index is -0.462. The first-order valence-electron chi connectivity index (χ1n) is 10.6. The molecule has 0 radical (unpaired) electrons. The Bertz CT molecular complexity index is 1320. The fourth-order valence-corrected chi connectivity index (χ4v) is 5.07. The van der Waals surface area contributed by atoms with Crippen LogP contribution in [0.2, 0.25) is 0 Å². The van der Waals surface area contributed by atoms with Gasteiger partial charge in [0.1, 0.15) is 16.3 Å². The van der Waals surface area contributed by atoms with E-state index in [1.807, 2.05) is 61.2 Å². The first-order valence-corrected chi connectivity index (χ1v) is 12.5. The third-order valence-corrected chi connectivity index (χ3v) is 7.07. The molecule has 0 aliphatic heterocycles. The van der Waals surface area contributed by atoms with Crippen molar-refractivity contribution in [1.29, 1.82) is 0 Å². The molecule has 0 aliphatic rings. The van der Waals surface area contributed by atoms with E-state index in [1.54, 1.807) is 13.2 Å². The van der Waals surface area contributed by atoms with Crippen LogP contribution in [0.25, 0.3) is 22.5 Å². The monoisotopic (exact) mass is 496 g/mol. The maximum absolute atomic E-state index is 12.8. The van der Waals surface area contributed by atoms with Crippen molar-refractivity contribution < 1.29 is 18.7 Å². The highest BCUT2D eigenvalue weighted by molar-refractivity contribution is 7.99. The molecule has 176 valence electrons. The molecule has 4 rings (SSSR count). The number of thiophene rings is 1. The molecule has 4 aromatic rings. The summed E-state index contributed by atoms with van der Waals surface area (Å²) in [6, 6.07) is 9.71. The summed E-state index contributed by atoms with van der Waals surface area (Å²) in [5, 5.41) is 14.2. The summed E-state index contributed by atoms with van der Waals surface area (Å²) in [5.41, 5.74) is 3.97. The van der Waals surface area contributed by atoms with Crippen molar-refractivity contribution >= 4 is 40.0 Å². The van der Waals surface area contributed by atoms with Crippen LogP contribution in [0.3, 0.4) is 0 Å². The number of benzene rings is 1. The molecule has 1 amide bonds. The van der Waals surface area contributed by atoms with Crippen molar-refractivity contribution in [3.8, 4) is 22.5 Å². The van der Waals surface area contributed by atoms with Crippen LogP contribution in [0.1, 0.15) is 28.6 Å². The average Bonchev–Trinajstić information content (AvgIpc) is 3.52. The smallest absolute Gasteiger partial charge is 0.341 e. The van der Waals surface area contributed by atoms with Gasteiger partial charge in [-0.25, -0.2) is 4.79 Å². The highest BCUT2D eigenvalue weighted by atomic mass is 32.2. The number of amides is 1. The van der Waals surface area contributed by atoms with Crippen LogP contribution in [0.5, 0.6) is 0 Å². The molecule has 0 bridgehead atoms. The normalized spacial score (nSPS) is 10.9. The third-order valence-electron chi connectivity index (χ3n) is 5.15. The number of carbonyl (C=O) groups excluding carboxylic acids is 2. The number of hydrogen-bond donors (Lipinski definition) is 1. The molecule has 3 aromatic heterocycles. The summed E-state index contributed by atoms with van der Waals surface area (Å²) in [7, 11) is 1.84. The summed E-state index contributed by atoms with van der Waals surface area (Å²) >= 11 is 2.56. The molecule has 1 N–H and O–H groups in total. The van der Waals surface area contributed by atoms with Crippen LogP contribution in [-0.4, -0.2) is 39.0 Å². The van der Waals surface area contributed by atoms with Gasteiger partial charge < -0.3 is 19.0 Å². The van der Waals surface area contributed by atoms with Gasteiger partial charge in [0.05, 0.1) is 24.2 Å². The predicted octanol–water partition coefficient (Wildman–Crippen LogP) is 5.33. The fourth-order valence-electron chi connectivity index (χ4n) is 3.39. The number of ether oxygens (including phenoxy) is 1. The molecule has 10 heteroatoms. The van der Waals surface area contributed by atoms with Crippen molar-refractivity contribution in [3.05, 3.63) is 58.9 Å². The second-order valence-electron chi connectivity index (χ2n) is 7.53. The fraction of sp³-hybridized carbons (Fsp3) is 0.250. The van der Waals surface area contributed by atoms with Crippen molar-refractivity contribution in [3.63, 3.8) is 0 Å². The number of hydrogen-bond acceptors (Lipinski definition) is 8. The molecule has 3 heterocycles. The lowest BCUT2D eigenvalue weighted by Gasteiger charge is -2.09. The van der Waals surface area contributed by atoms with Gasteiger partial charge in [-0.15, -0.1) is 21.5 Å². The quantitative estimate of drug-likeness (QED) is 0.260. The van der Waals surface area contributed by atoms with E-state index < -0.39 is 5.97 Å². The minimum Gasteiger partial charge on any atom is -0.469 e. The number of anilines is 1. The summed E-state index contributed by atoms with van der Waals surface area (Å²) < 4.78 is 12.4. The average molecular weight is 497 g/mol. The Hall–Kier alpha value is -3.37. The largest absolute Gasteiger partial charge is 0.469 e. The number of furan rings is 1. The van der Waals surface area contributed by atoms with Gasteiger partial charge in [0.25, 0.3) is 0 Å². The van der Waals surface area contributed by atoms with E-state index in [2.05, 4.69) is 15.5 Å². The number of esters is 1. The summed E-state index contributed by atoms with van der Waals surface area (Å²) in [5.74, 6) is 0.807. The lowest BCUT2D eigenvalue weighted by Crippen LogP contribution is -2.16. The Labute approximate surface area is 205 Å². The lowest BCUT2D eigenvalue weighted by molar-refractivity contribution is -0.113. The van der Waals surface area contributed by atoms with E-state index >= 15 is 0 Å². The van der Waals surface area contributed by atoms with Crippen LogP contribution in [-0.2, 0) is 16.6 Å². The molecule has 8 nitrogen and oxygen atoms in total. The first-order chi connectivity index (χ1) is 16.4. The summed E-state index contributed by atoms with van der Waals surface area (Å²) in [6.07, 6.45) is 1.60. The zero-order chi connectivity index (χ0) is 24.2. The standard InChI is InChI=1S/C24H24N4O4S2/c1-5-31-23(30)20-18(16-8-6-14(2)7-9-16)12-33-22(20)25-19(29)13-34-24-27-26-21(28(24)4)17-10-11-32-15(17)3/h6-12H,5,13H2,1-4H3,(H,25,29). The lowest BCUT2D eigenvalue weighted by atomic mass is 10.0. The molecule has 0 spiro atoms. The number of carbonyl (C=O) groups is 2. The molecule has 0 aliphatic carbocycles. The van der Waals surface area contributed by atoms with Gasteiger partial charge in [0.2, 0.25) is 5.91 Å². The van der Waals surface area contributed by atoms with Crippen molar-refractivity contribution in [2.45, 2.75) is 25.9 Å². The van der Waals surface area contributed by atoms with Gasteiger partial charge in [-0.1, -0.05) is 41.6 Å². The number of nitrogens with one attached hydrogen (secondary N) is 1. The van der Waals surface area contributed by atoms with E-state index in [-0.39, 0.29) is 18.3 Å².